The third-order valence-electron chi connectivity index (χ3n) is 8.03. The highest BCUT2D eigenvalue weighted by atomic mass is 79.9. The van der Waals surface area contributed by atoms with Gasteiger partial charge in [0.25, 0.3) is 0 Å². The summed E-state index contributed by atoms with van der Waals surface area (Å²) in [5.74, 6) is -3.65. The van der Waals surface area contributed by atoms with E-state index in [0.717, 1.165) is 4.90 Å². The number of amides is 3. The summed E-state index contributed by atoms with van der Waals surface area (Å²) < 4.78 is 34.7. The van der Waals surface area contributed by atoms with Crippen LogP contribution in [-0.4, -0.2) is 97.9 Å². The van der Waals surface area contributed by atoms with Crippen LogP contribution in [0.25, 0.3) is 0 Å². The molecule has 0 saturated carbocycles. The number of alkyl halides is 1. The van der Waals surface area contributed by atoms with E-state index in [1.165, 1.54) is 30.5 Å². The van der Waals surface area contributed by atoms with Crippen molar-refractivity contribution in [2.24, 2.45) is 5.73 Å². The van der Waals surface area contributed by atoms with Gasteiger partial charge in [0, 0.05) is 4.75 Å². The maximum atomic E-state index is 13.4. The van der Waals surface area contributed by atoms with Crippen molar-refractivity contribution in [3.63, 3.8) is 0 Å². The number of β-lactam (4-membered cyclic amide) rings is 2. The van der Waals surface area contributed by atoms with Crippen molar-refractivity contribution in [1.29, 1.82) is 0 Å². The van der Waals surface area contributed by atoms with Crippen molar-refractivity contribution >= 4 is 79.6 Å². The molecule has 1 unspecified atom stereocenters. The molecule has 0 spiro atoms. The predicted molar refractivity (Wildman–Crippen MR) is 156 cm³/mol. The molecule has 5 rings (SSSR count). The molecule has 7 atom stereocenters. The molecule has 3 amide bonds. The molecule has 4 heterocycles. The normalized spacial score (nSPS) is 31.9. The molecular weight excluding hydrogens is 680 g/mol. The number of hydrogen-bond acceptors (Lipinski definition) is 11. The van der Waals surface area contributed by atoms with E-state index < -0.39 is 84.2 Å². The smallest absolute Gasteiger partial charge is 0.333 e. The highest BCUT2D eigenvalue weighted by Gasteiger charge is 2.73. The Kier molecular flexibility index (Phi) is 8.48. The van der Waals surface area contributed by atoms with E-state index in [9.17, 15) is 32.4 Å². The number of sulfone groups is 1. The van der Waals surface area contributed by atoms with Crippen LogP contribution in [0, 0.1) is 0 Å². The number of esters is 2. The van der Waals surface area contributed by atoms with E-state index in [0.29, 0.717) is 5.56 Å². The first-order chi connectivity index (χ1) is 19.0. The predicted octanol–water partition coefficient (Wildman–Crippen LogP) is 0.207. The summed E-state index contributed by atoms with van der Waals surface area (Å²) in [6.45, 7) is 5.32. The standard InChI is InChI=1S/C25H29BrN4O9S2.ClH/c1-24(2)15(29-18(32)12(26)20(29)40-24)22(34)38-10-39-23(35)16-25(3,4)41(36,37)21-14(19(33)30(16)21)28-17(31)13(27)11-8-6-5-7-9-11;/h5-9,12-16,20-21H,10,27H2,1-4H3,(H,28,31);1H/t12-,13?,14+,15-,16-,20+,21+;/m0./s1. The van der Waals surface area contributed by atoms with Gasteiger partial charge >= 0.3 is 11.9 Å². The number of nitrogens with two attached hydrogens (primary N) is 1. The zero-order chi connectivity index (χ0) is 30.2. The van der Waals surface area contributed by atoms with Gasteiger partial charge in [0.2, 0.25) is 24.5 Å². The number of fused-ring (bicyclic) bond motifs is 2. The molecule has 4 saturated heterocycles. The van der Waals surface area contributed by atoms with Crippen molar-refractivity contribution in [2.75, 3.05) is 6.79 Å². The van der Waals surface area contributed by atoms with E-state index >= 15 is 0 Å². The van der Waals surface area contributed by atoms with Crippen molar-refractivity contribution < 1.29 is 41.9 Å². The van der Waals surface area contributed by atoms with E-state index in [4.69, 9.17) is 15.2 Å². The minimum atomic E-state index is -4.18. The third-order valence-corrected chi connectivity index (χ3v) is 13.7. The summed E-state index contributed by atoms with van der Waals surface area (Å²) in [7, 11) is -4.18. The number of halogens is 2. The van der Waals surface area contributed by atoms with Gasteiger partial charge in [-0.2, -0.15) is 0 Å². The van der Waals surface area contributed by atoms with Crippen molar-refractivity contribution in [1.82, 2.24) is 15.1 Å². The molecule has 4 aliphatic heterocycles. The summed E-state index contributed by atoms with van der Waals surface area (Å²) in [6, 6.07) is 3.33. The van der Waals surface area contributed by atoms with Gasteiger partial charge in [-0.25, -0.2) is 18.0 Å². The first kappa shape index (κ1) is 32.5. The Morgan fingerprint density at radius 1 is 1.02 bits per heavy atom. The Hall–Kier alpha value is -2.40. The average Bonchev–Trinajstić information content (AvgIpc) is 3.26. The zero-order valence-corrected chi connectivity index (χ0v) is 26.9. The van der Waals surface area contributed by atoms with Gasteiger partial charge in [0.05, 0.1) is 0 Å². The van der Waals surface area contributed by atoms with Crippen LogP contribution in [0.5, 0.6) is 0 Å². The third kappa shape index (κ3) is 4.69. The van der Waals surface area contributed by atoms with Gasteiger partial charge < -0.3 is 30.3 Å². The average molecular weight is 710 g/mol. The largest absolute Gasteiger partial charge is 0.426 e. The van der Waals surface area contributed by atoms with Crippen LogP contribution in [0.1, 0.15) is 39.3 Å². The Labute approximate surface area is 261 Å². The number of hydrogen-bond donors (Lipinski definition) is 2. The van der Waals surface area contributed by atoms with E-state index in [-0.39, 0.29) is 23.7 Å². The van der Waals surface area contributed by atoms with Crippen molar-refractivity contribution in [2.45, 2.75) is 76.9 Å². The Bertz CT molecular complexity index is 1440. The maximum absolute atomic E-state index is 13.4. The molecule has 0 aliphatic carbocycles. The van der Waals surface area contributed by atoms with Gasteiger partial charge in [-0.15, -0.1) is 24.2 Å². The SMILES string of the molecule is CC1(C)S[C@@H]2[C@@H](Br)C(=O)N2[C@H]1C(=O)OCOC(=O)[C@@H]1N2C(=O)[C@@H](NC(=O)C(N)c3ccccc3)[C@H]2S(=O)(=O)C1(C)C.Cl. The highest BCUT2D eigenvalue weighted by molar-refractivity contribution is 9.10. The molecule has 230 valence electrons. The fraction of sp³-hybridized carbons (Fsp3) is 0.560. The van der Waals surface area contributed by atoms with Crippen molar-refractivity contribution in [3.8, 4) is 0 Å². The Balaban J connectivity index is 0.00000405. The number of carbonyl (C=O) groups is 5. The molecule has 4 aliphatic rings. The number of carbonyl (C=O) groups excluding carboxylic acids is 5. The molecule has 17 heteroatoms. The van der Waals surface area contributed by atoms with Crippen LogP contribution in [0.2, 0.25) is 0 Å². The molecule has 0 bridgehead atoms. The molecule has 4 fully saturated rings. The van der Waals surface area contributed by atoms with Crippen LogP contribution < -0.4 is 11.1 Å². The van der Waals surface area contributed by atoms with E-state index in [2.05, 4.69) is 21.2 Å². The second-order valence-corrected chi connectivity index (χ2v) is 16.7. The fourth-order valence-corrected chi connectivity index (χ4v) is 10.3. The van der Waals surface area contributed by atoms with E-state index in [1.54, 1.807) is 44.2 Å². The summed E-state index contributed by atoms with van der Waals surface area (Å²) in [4.78, 5) is 65.9. The quantitative estimate of drug-likeness (QED) is 0.171. The second kappa shape index (κ2) is 10.9. The number of benzene rings is 1. The number of ether oxygens (including phenoxy) is 2. The van der Waals surface area contributed by atoms with Crippen molar-refractivity contribution in [3.05, 3.63) is 35.9 Å². The van der Waals surface area contributed by atoms with Crippen LogP contribution in [0.4, 0.5) is 0 Å². The minimum absolute atomic E-state index is 0. The zero-order valence-electron chi connectivity index (χ0n) is 22.9. The number of nitrogens with zero attached hydrogens (tertiary/aromatic N) is 2. The molecule has 0 radical (unpaired) electrons. The van der Waals surface area contributed by atoms with Crippen LogP contribution >= 0.6 is 40.1 Å². The maximum Gasteiger partial charge on any atom is 0.333 e. The summed E-state index contributed by atoms with van der Waals surface area (Å²) in [5.41, 5.74) is 6.46. The summed E-state index contributed by atoms with van der Waals surface area (Å²) >= 11 is 4.74. The first-order valence-electron chi connectivity index (χ1n) is 12.7. The Morgan fingerprint density at radius 3 is 2.19 bits per heavy atom. The number of nitrogens with one attached hydrogen (secondary N) is 1. The molecule has 0 aromatic heterocycles. The topological polar surface area (TPSA) is 182 Å². The van der Waals surface area contributed by atoms with Crippen LogP contribution in [0.3, 0.4) is 0 Å². The van der Waals surface area contributed by atoms with Gasteiger partial charge in [-0.1, -0.05) is 46.3 Å². The molecule has 3 N–H and O–H groups in total. The lowest BCUT2D eigenvalue weighted by molar-refractivity contribution is -0.181. The van der Waals surface area contributed by atoms with Crippen LogP contribution in [-0.2, 0) is 43.3 Å². The monoisotopic (exact) mass is 708 g/mol. The van der Waals surface area contributed by atoms with Gasteiger partial charge in [0.15, 0.2) is 15.2 Å². The highest BCUT2D eigenvalue weighted by Crippen LogP contribution is 2.53. The van der Waals surface area contributed by atoms with Gasteiger partial charge in [-0.3, -0.25) is 14.4 Å². The summed E-state index contributed by atoms with van der Waals surface area (Å²) in [5, 5.41) is 0.683. The lowest BCUT2D eigenvalue weighted by Crippen LogP contribution is -2.72. The first-order valence-corrected chi connectivity index (χ1v) is 16.0. The van der Waals surface area contributed by atoms with E-state index in [1.807, 2.05) is 0 Å². The molecule has 1 aromatic rings. The lowest BCUT2D eigenvalue weighted by atomic mass is 9.95. The fourth-order valence-electron chi connectivity index (χ4n) is 5.73. The van der Waals surface area contributed by atoms with Gasteiger partial charge in [0.1, 0.15) is 39.1 Å². The second-order valence-electron chi connectivity index (χ2n) is 11.3. The lowest BCUT2D eigenvalue weighted by Gasteiger charge is -2.43. The summed E-state index contributed by atoms with van der Waals surface area (Å²) in [6.07, 6.45) is 0. The molecule has 13 nitrogen and oxygen atoms in total. The number of rotatable bonds is 7. The van der Waals surface area contributed by atoms with Crippen LogP contribution in [0.15, 0.2) is 30.3 Å². The molecule has 42 heavy (non-hydrogen) atoms. The Morgan fingerprint density at radius 2 is 1.60 bits per heavy atom. The number of thioether (sulfide) groups is 1. The molecule has 1 aromatic carbocycles. The van der Waals surface area contributed by atoms with Gasteiger partial charge in [-0.05, 0) is 33.3 Å². The molecular formula is C25H30BrClN4O9S2. The minimum Gasteiger partial charge on any atom is -0.426 e.